The maximum Gasteiger partial charge on any atom is 0.325 e. The van der Waals surface area contributed by atoms with Crippen LogP contribution in [0.25, 0.3) is 0 Å². The molecule has 0 bridgehead atoms. The number of esters is 2. The third kappa shape index (κ3) is 11.0. The fraction of sp³-hybridized carbons (Fsp3) is 0.649. The van der Waals surface area contributed by atoms with Gasteiger partial charge in [0, 0.05) is 0 Å². The Balaban J connectivity index is 2.35. The van der Waals surface area contributed by atoms with Crippen LogP contribution in [0.2, 0.25) is 0 Å². The fourth-order valence-electron chi connectivity index (χ4n) is 5.90. The number of aliphatic carboxylic acids is 1. The summed E-state index contributed by atoms with van der Waals surface area (Å²) in [5, 5.41) is 23.7. The molecule has 0 radical (unpaired) electrons. The molecule has 3 atom stereocenters. The van der Waals surface area contributed by atoms with Gasteiger partial charge in [0.2, 0.25) is 5.91 Å². The SMILES string of the molecule is CCOC(=O)C(C)(CCC(CC(C)(C)C(=O)OCCNC(=O)CC#N)c1ccc(CN2C(=O)NC(C)(C)C2=O)cc1)CCC(C)(CC)C(=O)O. The van der Waals surface area contributed by atoms with Crippen LogP contribution in [0, 0.1) is 27.6 Å². The molecule has 13 nitrogen and oxygen atoms in total. The molecular formula is C37H54N4O9. The fourth-order valence-corrected chi connectivity index (χ4v) is 5.90. The number of hydrogen-bond donors (Lipinski definition) is 3. The van der Waals surface area contributed by atoms with Crippen LogP contribution < -0.4 is 10.6 Å². The van der Waals surface area contributed by atoms with E-state index in [1.54, 1.807) is 54.5 Å². The van der Waals surface area contributed by atoms with Crippen LogP contribution in [0.5, 0.6) is 0 Å². The van der Waals surface area contributed by atoms with Crippen LogP contribution in [0.1, 0.15) is 117 Å². The monoisotopic (exact) mass is 698 g/mol. The molecule has 4 amide bonds. The minimum Gasteiger partial charge on any atom is -0.481 e. The highest BCUT2D eigenvalue weighted by Crippen LogP contribution is 2.42. The topological polar surface area (TPSA) is 192 Å². The predicted molar refractivity (Wildman–Crippen MR) is 184 cm³/mol. The Labute approximate surface area is 295 Å². The van der Waals surface area contributed by atoms with Gasteiger partial charge in [0.05, 0.1) is 42.0 Å². The van der Waals surface area contributed by atoms with Gasteiger partial charge in [0.15, 0.2) is 0 Å². The van der Waals surface area contributed by atoms with E-state index in [1.807, 2.05) is 31.2 Å². The number of imide groups is 1. The van der Waals surface area contributed by atoms with Gasteiger partial charge in [-0.3, -0.25) is 28.9 Å². The lowest BCUT2D eigenvalue weighted by Crippen LogP contribution is -2.40. The Morgan fingerprint density at radius 1 is 0.980 bits per heavy atom. The zero-order chi connectivity index (χ0) is 37.9. The van der Waals surface area contributed by atoms with Gasteiger partial charge in [-0.15, -0.1) is 0 Å². The number of ether oxygens (including phenoxy) is 2. The van der Waals surface area contributed by atoms with Gasteiger partial charge in [0.25, 0.3) is 5.91 Å². The molecule has 50 heavy (non-hydrogen) atoms. The van der Waals surface area contributed by atoms with Gasteiger partial charge in [-0.25, -0.2) is 4.79 Å². The van der Waals surface area contributed by atoms with Gasteiger partial charge < -0.3 is 25.2 Å². The number of carbonyl (C=O) groups is 6. The van der Waals surface area contributed by atoms with Gasteiger partial charge >= 0.3 is 23.9 Å². The first-order valence-electron chi connectivity index (χ1n) is 17.2. The molecule has 3 unspecified atom stereocenters. The standard InChI is InChI=1S/C37H54N4O9/c1-9-36(7,30(44)45)18-19-37(8,32(47)49-10-2)17-15-27(23-34(3,4)31(46)50-22-21-39-28(42)16-20-38)26-13-11-25(12-14-26)24-41-29(43)35(5,6)40-33(41)48/h11-14,27H,9-10,15-19,21-24H2,1-8H3,(H,39,42)(H,40,48)(H,44,45). The van der Waals surface area contributed by atoms with Crippen LogP contribution in [0.15, 0.2) is 24.3 Å². The first kappa shape index (κ1) is 41.7. The summed E-state index contributed by atoms with van der Waals surface area (Å²) in [6.07, 6.45) is 1.80. The van der Waals surface area contributed by atoms with Gasteiger partial charge in [0.1, 0.15) is 18.6 Å². The van der Waals surface area contributed by atoms with Crippen molar-refractivity contribution >= 4 is 35.8 Å². The molecule has 1 aromatic carbocycles. The molecule has 1 saturated heterocycles. The third-order valence-electron chi connectivity index (χ3n) is 9.78. The first-order valence-corrected chi connectivity index (χ1v) is 17.2. The Morgan fingerprint density at radius 2 is 1.60 bits per heavy atom. The van der Waals surface area contributed by atoms with Crippen LogP contribution in [-0.4, -0.2) is 71.1 Å². The van der Waals surface area contributed by atoms with E-state index in [0.717, 1.165) is 11.1 Å². The summed E-state index contributed by atoms with van der Waals surface area (Å²) in [5.41, 5.74) is -2.39. The molecule has 0 saturated carbocycles. The molecule has 2 rings (SSSR count). The molecule has 0 aromatic heterocycles. The summed E-state index contributed by atoms with van der Waals surface area (Å²) in [5.74, 6) is -2.87. The number of nitriles is 1. The zero-order valence-electron chi connectivity index (χ0n) is 30.8. The number of nitrogens with one attached hydrogen (secondary N) is 2. The summed E-state index contributed by atoms with van der Waals surface area (Å²) >= 11 is 0. The second-order valence-corrected chi connectivity index (χ2v) is 14.8. The minimum absolute atomic E-state index is 0.0624. The van der Waals surface area contributed by atoms with Crippen molar-refractivity contribution in [2.45, 2.75) is 118 Å². The average molecular weight is 699 g/mol. The number of benzene rings is 1. The van der Waals surface area contributed by atoms with Crippen LogP contribution in [0.3, 0.4) is 0 Å². The second kappa shape index (κ2) is 17.5. The summed E-state index contributed by atoms with van der Waals surface area (Å²) in [6.45, 7) is 14.1. The van der Waals surface area contributed by atoms with Crippen molar-refractivity contribution in [1.82, 2.24) is 15.5 Å². The molecule has 1 aromatic rings. The number of carboxylic acid groups (broad SMARTS) is 1. The van der Waals surface area contributed by atoms with Crippen LogP contribution >= 0.6 is 0 Å². The van der Waals surface area contributed by atoms with E-state index in [-0.39, 0.29) is 51.0 Å². The molecule has 1 aliphatic rings. The van der Waals surface area contributed by atoms with Gasteiger partial charge in [-0.05, 0) is 104 Å². The molecule has 276 valence electrons. The van der Waals surface area contributed by atoms with E-state index in [1.165, 1.54) is 4.90 Å². The summed E-state index contributed by atoms with van der Waals surface area (Å²) in [7, 11) is 0. The number of urea groups is 1. The van der Waals surface area contributed by atoms with Gasteiger partial charge in [-0.2, -0.15) is 5.26 Å². The highest BCUT2D eigenvalue weighted by molar-refractivity contribution is 6.06. The van der Waals surface area contributed by atoms with E-state index >= 15 is 0 Å². The normalized spacial score (nSPS) is 17.1. The summed E-state index contributed by atoms with van der Waals surface area (Å²) < 4.78 is 11.0. The maximum atomic E-state index is 13.4. The molecule has 13 heteroatoms. The predicted octanol–water partition coefficient (Wildman–Crippen LogP) is 5.22. The summed E-state index contributed by atoms with van der Waals surface area (Å²) in [6, 6.07) is 8.71. The van der Waals surface area contributed by atoms with E-state index in [4.69, 9.17) is 14.7 Å². The number of carboxylic acids is 1. The Hall–Kier alpha value is -4.47. The van der Waals surface area contributed by atoms with Crippen molar-refractivity contribution in [3.05, 3.63) is 35.4 Å². The van der Waals surface area contributed by atoms with Crippen molar-refractivity contribution in [3.8, 4) is 6.07 Å². The largest absolute Gasteiger partial charge is 0.481 e. The van der Waals surface area contributed by atoms with Crippen molar-refractivity contribution in [2.24, 2.45) is 16.2 Å². The zero-order valence-corrected chi connectivity index (χ0v) is 30.8. The third-order valence-corrected chi connectivity index (χ3v) is 9.78. The van der Waals surface area contributed by atoms with Crippen LogP contribution in [0.4, 0.5) is 4.79 Å². The maximum absolute atomic E-state index is 13.4. The number of amides is 4. The lowest BCUT2D eigenvalue weighted by Gasteiger charge is -2.34. The lowest BCUT2D eigenvalue weighted by atomic mass is 9.71. The number of hydrogen-bond acceptors (Lipinski definition) is 9. The van der Waals surface area contributed by atoms with E-state index < -0.39 is 51.6 Å². The van der Waals surface area contributed by atoms with Crippen molar-refractivity contribution in [3.63, 3.8) is 0 Å². The van der Waals surface area contributed by atoms with E-state index in [2.05, 4.69) is 10.6 Å². The Morgan fingerprint density at radius 3 is 2.12 bits per heavy atom. The smallest absolute Gasteiger partial charge is 0.325 e. The van der Waals surface area contributed by atoms with Crippen molar-refractivity contribution in [1.29, 1.82) is 5.26 Å². The highest BCUT2D eigenvalue weighted by atomic mass is 16.5. The molecule has 0 aliphatic carbocycles. The molecule has 1 heterocycles. The molecular weight excluding hydrogens is 644 g/mol. The van der Waals surface area contributed by atoms with Crippen molar-refractivity contribution in [2.75, 3.05) is 19.8 Å². The molecule has 1 aliphatic heterocycles. The number of nitrogens with zero attached hydrogens (tertiary/aromatic N) is 2. The minimum atomic E-state index is -1.01. The number of carbonyl (C=O) groups excluding carboxylic acids is 5. The highest BCUT2D eigenvalue weighted by Gasteiger charge is 2.44. The van der Waals surface area contributed by atoms with E-state index in [9.17, 15) is 33.9 Å². The lowest BCUT2D eigenvalue weighted by molar-refractivity contribution is -0.158. The van der Waals surface area contributed by atoms with E-state index in [0.29, 0.717) is 32.1 Å². The summed E-state index contributed by atoms with van der Waals surface area (Å²) in [4.78, 5) is 76.7. The molecule has 3 N–H and O–H groups in total. The molecule has 1 fully saturated rings. The quantitative estimate of drug-likeness (QED) is 0.0924. The Bertz CT molecular complexity index is 1450. The van der Waals surface area contributed by atoms with Gasteiger partial charge in [-0.1, -0.05) is 31.2 Å². The molecule has 0 spiro atoms. The van der Waals surface area contributed by atoms with Crippen molar-refractivity contribution < 1.29 is 43.3 Å². The Kier molecular flexibility index (Phi) is 14.6. The van der Waals surface area contributed by atoms with Crippen LogP contribution in [-0.2, 0) is 40.0 Å². The average Bonchev–Trinajstić information content (AvgIpc) is 3.25. The second-order valence-electron chi connectivity index (χ2n) is 14.8. The first-order chi connectivity index (χ1) is 23.2. The number of rotatable bonds is 20.